The Bertz CT molecular complexity index is 919. The molecule has 4 N–H and O–H groups in total. The summed E-state index contributed by atoms with van der Waals surface area (Å²) in [6, 6.07) is 5.11. The zero-order valence-corrected chi connectivity index (χ0v) is 16.4. The summed E-state index contributed by atoms with van der Waals surface area (Å²) in [6.07, 6.45) is -3.50. The third-order valence-corrected chi connectivity index (χ3v) is 3.51. The van der Waals surface area contributed by atoms with E-state index in [0.717, 1.165) is 12.1 Å². The number of carbonyl (C=O) groups excluding carboxylic acids is 3. The van der Waals surface area contributed by atoms with Gasteiger partial charge in [0.15, 0.2) is 5.76 Å². The SMILES string of the molecule is CC(C)(C)NC(=O)NC(=O)CNc1ccc(NC(=O)c2ccco2)cc1C(F)(F)F. The molecule has 2 rings (SSSR count). The number of nitrogens with one attached hydrogen (secondary N) is 4. The van der Waals surface area contributed by atoms with Crippen molar-refractivity contribution in [3.63, 3.8) is 0 Å². The van der Waals surface area contributed by atoms with E-state index >= 15 is 0 Å². The maximum Gasteiger partial charge on any atom is 0.418 e. The lowest BCUT2D eigenvalue weighted by Crippen LogP contribution is -2.49. The van der Waals surface area contributed by atoms with Crippen LogP contribution in [0.3, 0.4) is 0 Å². The maximum absolute atomic E-state index is 13.4. The Morgan fingerprint density at radius 1 is 1.07 bits per heavy atom. The molecule has 2 aromatic rings. The number of amides is 4. The van der Waals surface area contributed by atoms with Crippen molar-refractivity contribution in [3.05, 3.63) is 47.9 Å². The molecule has 0 spiro atoms. The van der Waals surface area contributed by atoms with Crippen LogP contribution in [0.1, 0.15) is 36.9 Å². The van der Waals surface area contributed by atoms with Gasteiger partial charge in [-0.1, -0.05) is 0 Å². The van der Waals surface area contributed by atoms with Crippen molar-refractivity contribution in [2.75, 3.05) is 17.2 Å². The molecule has 0 saturated carbocycles. The summed E-state index contributed by atoms with van der Waals surface area (Å²) in [5, 5.41) is 9.17. The van der Waals surface area contributed by atoms with Crippen LogP contribution in [0.25, 0.3) is 0 Å². The van der Waals surface area contributed by atoms with Gasteiger partial charge < -0.3 is 20.4 Å². The number of anilines is 2. The van der Waals surface area contributed by atoms with E-state index in [1.54, 1.807) is 20.8 Å². The highest BCUT2D eigenvalue weighted by Crippen LogP contribution is 2.36. The summed E-state index contributed by atoms with van der Waals surface area (Å²) in [5.41, 5.74) is -2.17. The molecule has 0 fully saturated rings. The fraction of sp³-hybridized carbons (Fsp3) is 0.316. The second-order valence-corrected chi connectivity index (χ2v) is 7.30. The second-order valence-electron chi connectivity index (χ2n) is 7.30. The van der Waals surface area contributed by atoms with Crippen LogP contribution >= 0.6 is 0 Å². The molecule has 0 aliphatic carbocycles. The van der Waals surface area contributed by atoms with Crippen LogP contribution in [0.15, 0.2) is 41.0 Å². The standard InChI is InChI=1S/C19H21F3N4O4/c1-18(2,3)26-17(29)25-15(27)10-23-13-7-6-11(9-12(13)19(20,21)22)24-16(28)14-5-4-8-30-14/h4-9,23H,10H2,1-3H3,(H,24,28)(H2,25,26,27,29). The maximum atomic E-state index is 13.4. The number of furan rings is 1. The molecule has 1 aromatic heterocycles. The van der Waals surface area contributed by atoms with Crippen molar-refractivity contribution >= 4 is 29.2 Å². The van der Waals surface area contributed by atoms with Crippen molar-refractivity contribution in [1.82, 2.24) is 10.6 Å². The summed E-state index contributed by atoms with van der Waals surface area (Å²) in [6.45, 7) is 4.55. The van der Waals surface area contributed by atoms with Gasteiger partial charge in [0.25, 0.3) is 5.91 Å². The molecule has 1 aromatic carbocycles. The topological polar surface area (TPSA) is 112 Å². The van der Waals surface area contributed by atoms with Crippen molar-refractivity contribution in [1.29, 1.82) is 0 Å². The van der Waals surface area contributed by atoms with Gasteiger partial charge in [-0.3, -0.25) is 14.9 Å². The number of halogens is 3. The molecule has 0 saturated heterocycles. The minimum absolute atomic E-state index is 0.0593. The van der Waals surface area contributed by atoms with Gasteiger partial charge in [0, 0.05) is 16.9 Å². The van der Waals surface area contributed by atoms with Gasteiger partial charge in [0.1, 0.15) is 0 Å². The third kappa shape index (κ3) is 6.83. The second kappa shape index (κ2) is 8.89. The van der Waals surface area contributed by atoms with E-state index < -0.39 is 41.7 Å². The number of benzene rings is 1. The molecule has 11 heteroatoms. The highest BCUT2D eigenvalue weighted by molar-refractivity contribution is 6.02. The molecular weight excluding hydrogens is 405 g/mol. The lowest BCUT2D eigenvalue weighted by atomic mass is 10.1. The van der Waals surface area contributed by atoms with Crippen molar-refractivity contribution in [3.8, 4) is 0 Å². The van der Waals surface area contributed by atoms with Gasteiger partial charge in [0.2, 0.25) is 5.91 Å². The smallest absolute Gasteiger partial charge is 0.418 e. The molecule has 0 atom stereocenters. The van der Waals surface area contributed by atoms with Crippen LogP contribution in [-0.2, 0) is 11.0 Å². The lowest BCUT2D eigenvalue weighted by Gasteiger charge is -2.20. The fourth-order valence-corrected chi connectivity index (χ4v) is 2.33. The van der Waals surface area contributed by atoms with Crippen LogP contribution in [-0.4, -0.2) is 29.9 Å². The minimum atomic E-state index is -4.76. The lowest BCUT2D eigenvalue weighted by molar-refractivity contribution is -0.137. The predicted octanol–water partition coefficient (Wildman–Crippen LogP) is 3.59. The van der Waals surface area contributed by atoms with Crippen molar-refractivity contribution in [2.45, 2.75) is 32.5 Å². The number of hydrogen-bond acceptors (Lipinski definition) is 5. The van der Waals surface area contributed by atoms with Gasteiger partial charge in [0.05, 0.1) is 18.4 Å². The number of urea groups is 1. The summed E-state index contributed by atoms with van der Waals surface area (Å²) < 4.78 is 45.2. The van der Waals surface area contributed by atoms with E-state index in [0.29, 0.717) is 0 Å². The molecule has 0 aliphatic heterocycles. The Labute approximate surface area is 170 Å². The molecule has 30 heavy (non-hydrogen) atoms. The Morgan fingerprint density at radius 3 is 2.33 bits per heavy atom. The molecule has 0 radical (unpaired) electrons. The normalized spacial score (nSPS) is 11.5. The summed E-state index contributed by atoms with van der Waals surface area (Å²) in [7, 11) is 0. The van der Waals surface area contributed by atoms with Crippen molar-refractivity contribution in [2.24, 2.45) is 0 Å². The van der Waals surface area contributed by atoms with Gasteiger partial charge in [-0.05, 0) is 51.1 Å². The monoisotopic (exact) mass is 426 g/mol. The zero-order chi connectivity index (χ0) is 22.5. The summed E-state index contributed by atoms with van der Waals surface area (Å²) in [4.78, 5) is 35.4. The largest absolute Gasteiger partial charge is 0.459 e. The Kier molecular flexibility index (Phi) is 6.75. The molecule has 162 valence electrons. The van der Waals surface area contributed by atoms with E-state index in [2.05, 4.69) is 16.0 Å². The third-order valence-electron chi connectivity index (χ3n) is 3.51. The molecule has 1 heterocycles. The number of alkyl halides is 3. The Balaban J connectivity index is 2.07. The average Bonchev–Trinajstić information content (AvgIpc) is 3.12. The van der Waals surface area contributed by atoms with Gasteiger partial charge in [-0.25, -0.2) is 4.79 Å². The molecule has 4 amide bonds. The van der Waals surface area contributed by atoms with Gasteiger partial charge in [-0.15, -0.1) is 0 Å². The van der Waals surface area contributed by atoms with E-state index in [9.17, 15) is 27.6 Å². The highest BCUT2D eigenvalue weighted by atomic mass is 19.4. The van der Waals surface area contributed by atoms with Crippen LogP contribution in [0.5, 0.6) is 0 Å². The Morgan fingerprint density at radius 2 is 1.77 bits per heavy atom. The number of carbonyl (C=O) groups is 3. The highest BCUT2D eigenvalue weighted by Gasteiger charge is 2.34. The first-order valence-corrected chi connectivity index (χ1v) is 8.77. The number of imide groups is 1. The number of hydrogen-bond donors (Lipinski definition) is 4. The van der Waals surface area contributed by atoms with E-state index in [1.165, 1.54) is 24.5 Å². The molecular formula is C19H21F3N4O4. The molecule has 0 unspecified atom stereocenters. The number of rotatable bonds is 5. The van der Waals surface area contributed by atoms with Crippen LogP contribution in [0.2, 0.25) is 0 Å². The fourth-order valence-electron chi connectivity index (χ4n) is 2.33. The van der Waals surface area contributed by atoms with Gasteiger partial charge >= 0.3 is 12.2 Å². The summed E-state index contributed by atoms with van der Waals surface area (Å²) in [5.74, 6) is -1.59. The van der Waals surface area contributed by atoms with E-state index in [1.807, 2.05) is 5.32 Å². The quantitative estimate of drug-likeness (QED) is 0.584. The van der Waals surface area contributed by atoms with Crippen LogP contribution in [0.4, 0.5) is 29.3 Å². The van der Waals surface area contributed by atoms with Crippen LogP contribution < -0.4 is 21.3 Å². The summed E-state index contributed by atoms with van der Waals surface area (Å²) >= 11 is 0. The van der Waals surface area contributed by atoms with Gasteiger partial charge in [-0.2, -0.15) is 13.2 Å². The molecule has 8 nitrogen and oxygen atoms in total. The van der Waals surface area contributed by atoms with Crippen molar-refractivity contribution < 1.29 is 32.0 Å². The minimum Gasteiger partial charge on any atom is -0.459 e. The zero-order valence-electron chi connectivity index (χ0n) is 16.4. The van der Waals surface area contributed by atoms with E-state index in [4.69, 9.17) is 4.42 Å². The predicted molar refractivity (Wildman–Crippen MR) is 103 cm³/mol. The first kappa shape index (κ1) is 22.8. The first-order valence-electron chi connectivity index (χ1n) is 8.77. The van der Waals surface area contributed by atoms with Crippen LogP contribution in [0, 0.1) is 0 Å². The Hall–Kier alpha value is -3.50. The molecule has 0 aliphatic rings. The average molecular weight is 426 g/mol. The van der Waals surface area contributed by atoms with E-state index in [-0.39, 0.29) is 17.1 Å². The molecule has 0 bridgehead atoms. The first-order chi connectivity index (χ1) is 13.8.